The van der Waals surface area contributed by atoms with Gasteiger partial charge in [-0.15, -0.1) is 11.6 Å². The second-order valence-corrected chi connectivity index (χ2v) is 2.64. The van der Waals surface area contributed by atoms with Crippen molar-refractivity contribution >= 4 is 29.3 Å². The largest absolute Gasteiger partial charge is 0.237 e. The third-order valence-corrected chi connectivity index (χ3v) is 1.50. The predicted octanol–water partition coefficient (Wildman–Crippen LogP) is 2.99. The first-order chi connectivity index (χ1) is 5.33. The maximum Gasteiger partial charge on any atom is 0.129 e. The second kappa shape index (κ2) is 4.37. The predicted molar refractivity (Wildman–Crippen MR) is 49.0 cm³/mol. The van der Waals surface area contributed by atoms with Gasteiger partial charge in [-0.2, -0.15) is 0 Å². The average Bonchev–Trinajstić information content (AvgIpc) is 2.01. The van der Waals surface area contributed by atoms with E-state index in [4.69, 9.17) is 23.2 Å². The van der Waals surface area contributed by atoms with E-state index in [2.05, 4.69) is 4.98 Å². The summed E-state index contributed by atoms with van der Waals surface area (Å²) in [4.78, 5) is 4.03. The van der Waals surface area contributed by atoms with Crippen molar-refractivity contribution < 1.29 is 0 Å². The van der Waals surface area contributed by atoms with Crippen molar-refractivity contribution in [2.75, 3.05) is 5.88 Å². The number of pyridine rings is 1. The number of aromatic nitrogens is 1. The highest BCUT2D eigenvalue weighted by molar-refractivity contribution is 6.29. The third-order valence-electron chi connectivity index (χ3n) is 1.11. The molecule has 1 heterocycles. The third kappa shape index (κ3) is 2.91. The molecule has 0 atom stereocenters. The van der Waals surface area contributed by atoms with E-state index in [1.54, 1.807) is 6.07 Å². The first-order valence-electron chi connectivity index (χ1n) is 3.18. The molecule has 0 unspecified atom stereocenters. The molecule has 1 rings (SSSR count). The molecule has 0 bridgehead atoms. The molecule has 0 saturated heterocycles. The van der Waals surface area contributed by atoms with Gasteiger partial charge in [0.05, 0.1) is 5.69 Å². The molecule has 0 fully saturated rings. The van der Waals surface area contributed by atoms with Crippen LogP contribution in [0.3, 0.4) is 0 Å². The lowest BCUT2D eigenvalue weighted by atomic mass is 10.3. The van der Waals surface area contributed by atoms with E-state index in [1.807, 2.05) is 24.3 Å². The number of rotatable bonds is 2. The Hall–Kier alpha value is -0.530. The lowest BCUT2D eigenvalue weighted by Crippen LogP contribution is -1.79. The van der Waals surface area contributed by atoms with Crippen LogP contribution in [0.1, 0.15) is 5.69 Å². The Labute approximate surface area is 75.7 Å². The summed E-state index contributed by atoms with van der Waals surface area (Å²) in [5.74, 6) is 0.494. The summed E-state index contributed by atoms with van der Waals surface area (Å²) in [6.45, 7) is 0. The number of nitrogens with zero attached hydrogens (tertiary/aromatic N) is 1. The summed E-state index contributed by atoms with van der Waals surface area (Å²) >= 11 is 11.1. The van der Waals surface area contributed by atoms with Crippen LogP contribution >= 0.6 is 23.2 Å². The van der Waals surface area contributed by atoms with Gasteiger partial charge in [-0.3, -0.25) is 0 Å². The molecule has 3 heteroatoms. The molecule has 11 heavy (non-hydrogen) atoms. The Bertz CT molecular complexity index is 258. The van der Waals surface area contributed by atoms with Crippen LogP contribution in [0.5, 0.6) is 0 Å². The smallest absolute Gasteiger partial charge is 0.129 e. The SMILES string of the molecule is ClC/C=C/c1cccc(Cl)n1. The van der Waals surface area contributed by atoms with Crippen LogP contribution < -0.4 is 0 Å². The van der Waals surface area contributed by atoms with Crippen LogP contribution in [0, 0.1) is 0 Å². The van der Waals surface area contributed by atoms with E-state index in [0.717, 1.165) is 5.69 Å². The molecule has 0 spiro atoms. The van der Waals surface area contributed by atoms with Crippen molar-refractivity contribution in [3.05, 3.63) is 35.1 Å². The first-order valence-corrected chi connectivity index (χ1v) is 4.09. The summed E-state index contributed by atoms with van der Waals surface area (Å²) < 4.78 is 0. The van der Waals surface area contributed by atoms with Gasteiger partial charge in [-0.05, 0) is 18.2 Å². The lowest BCUT2D eigenvalue weighted by Gasteiger charge is -1.91. The molecule has 0 saturated carbocycles. The standard InChI is InChI=1S/C8H7Cl2N/c9-6-2-4-7-3-1-5-8(10)11-7/h1-5H,6H2/b4-2+. The van der Waals surface area contributed by atoms with Gasteiger partial charge in [-0.25, -0.2) is 4.98 Å². The minimum absolute atomic E-state index is 0.494. The maximum absolute atomic E-state index is 5.65. The molecule has 0 aliphatic rings. The van der Waals surface area contributed by atoms with Gasteiger partial charge in [0.15, 0.2) is 0 Å². The van der Waals surface area contributed by atoms with Gasteiger partial charge < -0.3 is 0 Å². The number of allylic oxidation sites excluding steroid dienone is 1. The molecule has 0 aliphatic heterocycles. The van der Waals surface area contributed by atoms with Crippen LogP contribution in [0.25, 0.3) is 6.08 Å². The van der Waals surface area contributed by atoms with Gasteiger partial charge in [0.1, 0.15) is 5.15 Å². The normalized spacial score (nSPS) is 10.7. The van der Waals surface area contributed by atoms with E-state index in [0.29, 0.717) is 11.0 Å². The Morgan fingerprint density at radius 1 is 1.45 bits per heavy atom. The molecule has 0 amide bonds. The molecule has 58 valence electrons. The molecule has 0 N–H and O–H groups in total. The summed E-state index contributed by atoms with van der Waals surface area (Å²) in [6.07, 6.45) is 3.65. The summed E-state index contributed by atoms with van der Waals surface area (Å²) in [5, 5.41) is 0.502. The fourth-order valence-corrected chi connectivity index (χ4v) is 0.941. The van der Waals surface area contributed by atoms with Crippen LogP contribution in [0.15, 0.2) is 24.3 Å². The molecule has 1 nitrogen and oxygen atoms in total. The quantitative estimate of drug-likeness (QED) is 0.513. The molecule has 0 aliphatic carbocycles. The zero-order valence-electron chi connectivity index (χ0n) is 5.80. The van der Waals surface area contributed by atoms with Crippen LogP contribution in [-0.2, 0) is 0 Å². The van der Waals surface area contributed by atoms with E-state index in [9.17, 15) is 0 Å². The molecular formula is C8H7Cl2N. The first kappa shape index (κ1) is 8.57. The van der Waals surface area contributed by atoms with E-state index < -0.39 is 0 Å². The molecule has 1 aromatic heterocycles. The lowest BCUT2D eigenvalue weighted by molar-refractivity contribution is 1.29. The summed E-state index contributed by atoms with van der Waals surface area (Å²) in [6, 6.07) is 5.46. The number of alkyl halides is 1. The fraction of sp³-hybridized carbons (Fsp3) is 0.125. The molecular weight excluding hydrogens is 181 g/mol. The van der Waals surface area contributed by atoms with Gasteiger partial charge in [-0.1, -0.05) is 23.7 Å². The number of halogens is 2. The highest BCUT2D eigenvalue weighted by Gasteiger charge is 1.88. The highest BCUT2D eigenvalue weighted by Crippen LogP contribution is 2.06. The van der Waals surface area contributed by atoms with Crippen molar-refractivity contribution in [2.24, 2.45) is 0 Å². The average molecular weight is 188 g/mol. The van der Waals surface area contributed by atoms with Crippen molar-refractivity contribution in [3.63, 3.8) is 0 Å². The molecule has 0 radical (unpaired) electrons. The van der Waals surface area contributed by atoms with Gasteiger partial charge >= 0.3 is 0 Å². The minimum Gasteiger partial charge on any atom is -0.237 e. The minimum atomic E-state index is 0.494. The second-order valence-electron chi connectivity index (χ2n) is 1.94. The number of hydrogen-bond acceptors (Lipinski definition) is 1. The van der Waals surface area contributed by atoms with Gasteiger partial charge in [0, 0.05) is 5.88 Å². The molecule has 0 aromatic carbocycles. The summed E-state index contributed by atoms with van der Waals surface area (Å²) in [5.41, 5.74) is 0.832. The highest BCUT2D eigenvalue weighted by atomic mass is 35.5. The topological polar surface area (TPSA) is 12.9 Å². The van der Waals surface area contributed by atoms with Crippen LogP contribution in [0.4, 0.5) is 0 Å². The zero-order chi connectivity index (χ0) is 8.10. The monoisotopic (exact) mass is 187 g/mol. The Morgan fingerprint density at radius 3 is 2.91 bits per heavy atom. The number of hydrogen-bond donors (Lipinski definition) is 0. The van der Waals surface area contributed by atoms with Crippen molar-refractivity contribution in [1.29, 1.82) is 0 Å². The van der Waals surface area contributed by atoms with Crippen LogP contribution in [0.2, 0.25) is 5.15 Å². The maximum atomic E-state index is 5.65. The van der Waals surface area contributed by atoms with E-state index >= 15 is 0 Å². The zero-order valence-corrected chi connectivity index (χ0v) is 7.31. The molecule has 1 aromatic rings. The van der Waals surface area contributed by atoms with Gasteiger partial charge in [0.25, 0.3) is 0 Å². The van der Waals surface area contributed by atoms with Crippen molar-refractivity contribution in [2.45, 2.75) is 0 Å². The Morgan fingerprint density at radius 2 is 2.27 bits per heavy atom. The van der Waals surface area contributed by atoms with Crippen molar-refractivity contribution in [3.8, 4) is 0 Å². The Balaban J connectivity index is 2.79. The Kier molecular flexibility index (Phi) is 3.40. The van der Waals surface area contributed by atoms with E-state index in [-0.39, 0.29) is 0 Å². The van der Waals surface area contributed by atoms with E-state index in [1.165, 1.54) is 0 Å². The van der Waals surface area contributed by atoms with Gasteiger partial charge in [0.2, 0.25) is 0 Å². The van der Waals surface area contributed by atoms with Crippen molar-refractivity contribution in [1.82, 2.24) is 4.98 Å². The fourth-order valence-electron chi connectivity index (χ4n) is 0.682. The summed E-state index contributed by atoms with van der Waals surface area (Å²) in [7, 11) is 0. The van der Waals surface area contributed by atoms with Crippen LogP contribution in [-0.4, -0.2) is 10.9 Å².